The molecular formula is C18H25N5O2. The minimum Gasteiger partial charge on any atom is -0.496 e. The lowest BCUT2D eigenvalue weighted by atomic mass is 10.0. The maximum absolute atomic E-state index is 12.2. The predicted molar refractivity (Wildman–Crippen MR) is 94.7 cm³/mol. The Balaban J connectivity index is 1.51. The fourth-order valence-electron chi connectivity index (χ4n) is 3.20. The van der Waals surface area contributed by atoms with Gasteiger partial charge in [0, 0.05) is 31.5 Å². The molecule has 0 saturated heterocycles. The van der Waals surface area contributed by atoms with Gasteiger partial charge >= 0.3 is 6.03 Å². The first kappa shape index (κ1) is 17.3. The van der Waals surface area contributed by atoms with Crippen molar-refractivity contribution >= 4 is 6.03 Å². The molecular weight excluding hydrogens is 318 g/mol. The summed E-state index contributed by atoms with van der Waals surface area (Å²) in [4.78, 5) is 12.2. The Labute approximate surface area is 147 Å². The molecule has 0 radical (unpaired) electrons. The quantitative estimate of drug-likeness (QED) is 0.842. The Hall–Kier alpha value is -2.57. The summed E-state index contributed by atoms with van der Waals surface area (Å²) in [5, 5.41) is 14.2. The molecule has 1 aliphatic heterocycles. The fraction of sp³-hybridized carbons (Fsp3) is 0.500. The van der Waals surface area contributed by atoms with Crippen LogP contribution in [0.2, 0.25) is 0 Å². The third-order valence-corrected chi connectivity index (χ3v) is 4.52. The number of carbonyl (C=O) groups excluding carboxylic acids is 1. The molecule has 1 aromatic heterocycles. The first-order valence-corrected chi connectivity index (χ1v) is 8.68. The van der Waals surface area contributed by atoms with Crippen molar-refractivity contribution < 1.29 is 9.53 Å². The van der Waals surface area contributed by atoms with E-state index in [4.69, 9.17) is 4.74 Å². The van der Waals surface area contributed by atoms with Gasteiger partial charge in [0.05, 0.1) is 13.2 Å². The Morgan fingerprint density at radius 1 is 1.40 bits per heavy atom. The highest BCUT2D eigenvalue weighted by Crippen LogP contribution is 2.25. The van der Waals surface area contributed by atoms with Crippen molar-refractivity contribution in [3.05, 3.63) is 41.0 Å². The zero-order chi connectivity index (χ0) is 17.8. The van der Waals surface area contributed by atoms with E-state index in [9.17, 15) is 4.79 Å². The molecule has 3 rings (SSSR count). The molecule has 7 heteroatoms. The molecule has 134 valence electrons. The van der Waals surface area contributed by atoms with Gasteiger partial charge in [0.1, 0.15) is 17.4 Å². The van der Waals surface area contributed by atoms with Crippen LogP contribution in [-0.2, 0) is 19.4 Å². The molecule has 25 heavy (non-hydrogen) atoms. The molecule has 1 atom stereocenters. The summed E-state index contributed by atoms with van der Waals surface area (Å²) in [6.07, 6.45) is 2.81. The second-order valence-electron chi connectivity index (χ2n) is 6.40. The van der Waals surface area contributed by atoms with Gasteiger partial charge in [-0.15, -0.1) is 10.2 Å². The number of rotatable bonds is 6. The lowest BCUT2D eigenvalue weighted by Gasteiger charge is -2.18. The monoisotopic (exact) mass is 343 g/mol. The van der Waals surface area contributed by atoms with E-state index in [0.717, 1.165) is 47.9 Å². The number of carbonyl (C=O) groups is 1. The highest BCUT2D eigenvalue weighted by Gasteiger charge is 2.17. The average Bonchev–Trinajstić information content (AvgIpc) is 3.19. The molecule has 0 saturated carbocycles. The zero-order valence-electron chi connectivity index (χ0n) is 15.0. The summed E-state index contributed by atoms with van der Waals surface area (Å²) in [5.41, 5.74) is 2.10. The van der Waals surface area contributed by atoms with Crippen LogP contribution in [0.25, 0.3) is 0 Å². The van der Waals surface area contributed by atoms with Crippen molar-refractivity contribution in [3.63, 3.8) is 0 Å². The fourth-order valence-corrected chi connectivity index (χ4v) is 3.20. The van der Waals surface area contributed by atoms with Crippen molar-refractivity contribution in [3.8, 4) is 5.75 Å². The minimum absolute atomic E-state index is 0.146. The van der Waals surface area contributed by atoms with Crippen LogP contribution in [0.5, 0.6) is 5.75 Å². The number of aromatic nitrogens is 3. The number of hydrogen-bond donors (Lipinski definition) is 2. The number of hydrogen-bond acceptors (Lipinski definition) is 4. The van der Waals surface area contributed by atoms with Crippen LogP contribution in [0.15, 0.2) is 18.2 Å². The summed E-state index contributed by atoms with van der Waals surface area (Å²) >= 11 is 0. The summed E-state index contributed by atoms with van der Waals surface area (Å²) in [6.45, 7) is 5.48. The number of nitrogens with zero attached hydrogens (tertiary/aromatic N) is 3. The van der Waals surface area contributed by atoms with Crippen LogP contribution in [0, 0.1) is 6.92 Å². The summed E-state index contributed by atoms with van der Waals surface area (Å²) in [6, 6.07) is 5.60. The standard InChI is InChI=1S/C18H25N5O2/c1-12-6-7-15(25-3)14(11-12)13(2)20-18(24)19-9-8-17-22-21-16-5-4-10-23(16)17/h6-7,11,13H,4-5,8-10H2,1-3H3,(H2,19,20,24). The molecule has 1 aromatic carbocycles. The summed E-state index contributed by atoms with van der Waals surface area (Å²) in [5.74, 6) is 2.78. The number of nitrogens with one attached hydrogen (secondary N) is 2. The number of urea groups is 1. The third kappa shape index (κ3) is 3.92. The Morgan fingerprint density at radius 3 is 3.04 bits per heavy atom. The molecule has 2 N–H and O–H groups in total. The first-order valence-electron chi connectivity index (χ1n) is 8.68. The van der Waals surface area contributed by atoms with Crippen molar-refractivity contribution in [2.75, 3.05) is 13.7 Å². The molecule has 2 amide bonds. The van der Waals surface area contributed by atoms with Gasteiger partial charge in [-0.25, -0.2) is 4.79 Å². The van der Waals surface area contributed by atoms with E-state index < -0.39 is 0 Å². The highest BCUT2D eigenvalue weighted by molar-refractivity contribution is 5.74. The number of fused-ring (bicyclic) bond motifs is 1. The normalized spacial score (nSPS) is 14.0. The number of methoxy groups -OCH3 is 1. The SMILES string of the molecule is COc1ccc(C)cc1C(C)NC(=O)NCCc1nnc2n1CCC2. The van der Waals surface area contributed by atoms with Gasteiger partial charge in [-0.3, -0.25) is 0 Å². The third-order valence-electron chi connectivity index (χ3n) is 4.52. The maximum Gasteiger partial charge on any atom is 0.315 e. The molecule has 0 fully saturated rings. The van der Waals surface area contributed by atoms with Crippen LogP contribution in [0.3, 0.4) is 0 Å². The first-order chi connectivity index (χ1) is 12.1. The Morgan fingerprint density at radius 2 is 2.24 bits per heavy atom. The van der Waals surface area contributed by atoms with Crippen LogP contribution < -0.4 is 15.4 Å². The van der Waals surface area contributed by atoms with Crippen molar-refractivity contribution in [2.45, 2.75) is 45.7 Å². The minimum atomic E-state index is -0.197. The largest absolute Gasteiger partial charge is 0.496 e. The maximum atomic E-state index is 12.2. The van der Waals surface area contributed by atoms with Gasteiger partial charge in [0.15, 0.2) is 0 Å². The van der Waals surface area contributed by atoms with Crippen LogP contribution in [0.4, 0.5) is 4.79 Å². The molecule has 1 unspecified atom stereocenters. The molecule has 1 aliphatic rings. The molecule has 0 bridgehead atoms. The van der Waals surface area contributed by atoms with Crippen LogP contribution >= 0.6 is 0 Å². The second kappa shape index (κ2) is 7.55. The van der Waals surface area contributed by atoms with Crippen LogP contribution in [-0.4, -0.2) is 34.5 Å². The van der Waals surface area contributed by atoms with E-state index >= 15 is 0 Å². The topological polar surface area (TPSA) is 81.1 Å². The highest BCUT2D eigenvalue weighted by atomic mass is 16.5. The Bertz CT molecular complexity index is 756. The molecule has 0 spiro atoms. The van der Waals surface area contributed by atoms with Gasteiger partial charge in [0.25, 0.3) is 0 Å². The molecule has 2 heterocycles. The summed E-state index contributed by atoms with van der Waals surface area (Å²) < 4.78 is 7.54. The van der Waals surface area contributed by atoms with Gasteiger partial charge in [-0.05, 0) is 26.3 Å². The van der Waals surface area contributed by atoms with Gasteiger partial charge in [-0.1, -0.05) is 17.7 Å². The lowest BCUT2D eigenvalue weighted by Crippen LogP contribution is -2.38. The lowest BCUT2D eigenvalue weighted by molar-refractivity contribution is 0.237. The van der Waals surface area contributed by atoms with Gasteiger partial charge in [0.2, 0.25) is 0 Å². The predicted octanol–water partition coefficient (Wildman–Crippen LogP) is 2.14. The smallest absolute Gasteiger partial charge is 0.315 e. The number of aryl methyl sites for hydroxylation is 2. The number of ether oxygens (including phenoxy) is 1. The van der Waals surface area contributed by atoms with Crippen LogP contribution in [0.1, 0.15) is 42.2 Å². The van der Waals surface area contributed by atoms with Gasteiger partial charge in [-0.2, -0.15) is 0 Å². The molecule has 0 aliphatic carbocycles. The van der Waals surface area contributed by atoms with Crippen molar-refractivity contribution in [1.82, 2.24) is 25.4 Å². The summed E-state index contributed by atoms with van der Waals surface area (Å²) in [7, 11) is 1.64. The van der Waals surface area contributed by atoms with Gasteiger partial charge < -0.3 is 19.9 Å². The second-order valence-corrected chi connectivity index (χ2v) is 6.40. The van der Waals surface area contributed by atoms with E-state index in [1.54, 1.807) is 7.11 Å². The molecule has 7 nitrogen and oxygen atoms in total. The zero-order valence-corrected chi connectivity index (χ0v) is 15.0. The number of benzene rings is 1. The van der Waals surface area contributed by atoms with E-state index in [-0.39, 0.29) is 12.1 Å². The number of amides is 2. The molecule has 2 aromatic rings. The van der Waals surface area contributed by atoms with E-state index in [1.165, 1.54) is 0 Å². The van der Waals surface area contributed by atoms with Crippen molar-refractivity contribution in [1.29, 1.82) is 0 Å². The Kier molecular flexibility index (Phi) is 5.21. The van der Waals surface area contributed by atoms with E-state index in [2.05, 4.69) is 25.4 Å². The average molecular weight is 343 g/mol. The van der Waals surface area contributed by atoms with Crippen molar-refractivity contribution in [2.24, 2.45) is 0 Å². The van der Waals surface area contributed by atoms with E-state index in [1.807, 2.05) is 32.0 Å². The van der Waals surface area contributed by atoms with E-state index in [0.29, 0.717) is 13.0 Å².